The maximum absolute atomic E-state index is 12.3. The van der Waals surface area contributed by atoms with Crippen molar-refractivity contribution in [1.82, 2.24) is 39.7 Å². The molecule has 0 unspecified atom stereocenters. The summed E-state index contributed by atoms with van der Waals surface area (Å²) in [5.41, 5.74) is 12.1. The lowest BCUT2D eigenvalue weighted by atomic mass is 10.2. The Balaban J connectivity index is 0.000000216. The lowest BCUT2D eigenvalue weighted by Gasteiger charge is -2.21. The minimum atomic E-state index is -0.134. The number of benzene rings is 1. The molecule has 0 aliphatic carbocycles. The van der Waals surface area contributed by atoms with Crippen LogP contribution in [-0.2, 0) is 6.61 Å². The first-order chi connectivity index (χ1) is 26.0. The smallest absolute Gasteiger partial charge is 0.266 e. The molecule has 0 bridgehead atoms. The molecule has 55 heavy (non-hydrogen) atoms. The number of halogens is 1. The van der Waals surface area contributed by atoms with Gasteiger partial charge in [-0.25, -0.2) is 19.9 Å². The molecule has 2 saturated heterocycles. The maximum atomic E-state index is 12.3. The summed E-state index contributed by atoms with van der Waals surface area (Å²) in [7, 11) is 8.36. The number of aromatic amines is 1. The van der Waals surface area contributed by atoms with E-state index in [9.17, 15) is 4.79 Å². The van der Waals surface area contributed by atoms with Gasteiger partial charge in [0, 0.05) is 65.5 Å². The SMILES string of the molecule is C.CN(C)[C@@H]1CCN(c2ncc(Sc3ccc(N)nc3)c(=O)[nH]2)C1.CN(C)[C@@H]1CCN(c2ncc(Sc3ccc(N)nc3)c(OCc3cccc(Cl)c3)n2)C1. The molecule has 2 atom stereocenters. The van der Waals surface area contributed by atoms with Gasteiger partial charge in [-0.05, 0) is 83.0 Å². The summed E-state index contributed by atoms with van der Waals surface area (Å²) in [5.74, 6) is 2.81. The molecular weight excluding hydrogens is 756 g/mol. The van der Waals surface area contributed by atoms with Crippen molar-refractivity contribution in [1.29, 1.82) is 0 Å². The van der Waals surface area contributed by atoms with E-state index < -0.39 is 0 Å². The minimum absolute atomic E-state index is 0. The normalized spacial score (nSPS) is 16.6. The predicted molar refractivity (Wildman–Crippen MR) is 224 cm³/mol. The molecule has 14 nitrogen and oxygen atoms in total. The van der Waals surface area contributed by atoms with Gasteiger partial charge in [-0.15, -0.1) is 0 Å². The van der Waals surface area contributed by atoms with Gasteiger partial charge in [-0.3, -0.25) is 9.78 Å². The average Bonchev–Trinajstić information content (AvgIpc) is 3.86. The number of nitrogen functional groups attached to an aromatic ring is 2. The highest BCUT2D eigenvalue weighted by atomic mass is 35.5. The van der Waals surface area contributed by atoms with Gasteiger partial charge < -0.3 is 35.8 Å². The van der Waals surface area contributed by atoms with E-state index >= 15 is 0 Å². The van der Waals surface area contributed by atoms with E-state index in [0.717, 1.165) is 59.3 Å². The van der Waals surface area contributed by atoms with Crippen LogP contribution in [-0.4, -0.2) is 106 Å². The van der Waals surface area contributed by atoms with Gasteiger partial charge >= 0.3 is 0 Å². The van der Waals surface area contributed by atoms with Crippen LogP contribution in [0.1, 0.15) is 25.8 Å². The van der Waals surface area contributed by atoms with Crippen LogP contribution in [0.2, 0.25) is 5.02 Å². The second-order valence-corrected chi connectivity index (χ2v) is 16.1. The molecule has 2 aliphatic heterocycles. The Morgan fingerprint density at radius 1 is 0.818 bits per heavy atom. The number of nitrogens with two attached hydrogens (primary N) is 2. The van der Waals surface area contributed by atoms with Gasteiger partial charge in [0.15, 0.2) is 0 Å². The molecule has 0 spiro atoms. The van der Waals surface area contributed by atoms with Crippen molar-refractivity contribution in [2.24, 2.45) is 0 Å². The van der Waals surface area contributed by atoms with Gasteiger partial charge in [0.2, 0.25) is 17.8 Å². The van der Waals surface area contributed by atoms with Crippen molar-refractivity contribution in [2.75, 3.05) is 75.6 Å². The van der Waals surface area contributed by atoms with E-state index in [-0.39, 0.29) is 13.0 Å². The summed E-state index contributed by atoms with van der Waals surface area (Å²) in [4.78, 5) is 49.1. The standard InChI is InChI=1S/C22H25ClN6OS.C15H20N6OS.CH4/c1-28(2)17-8-9-29(13-17)22-26-12-19(31-18-6-7-20(24)25-11-18)21(27-22)30-14-15-4-3-5-16(23)10-15;1-20(2)10-5-6-21(9-10)15-18-8-12(14(22)19-15)23-11-3-4-13(16)17-7-11;/h3-7,10-12,17H,8-9,13-14H2,1-2H3,(H2,24,25);3-4,7-8,10H,5-6,9H2,1-2H3,(H2,16,17)(H,18,19,22);1H4/t17-;10-;/m11./s1. The zero-order valence-corrected chi connectivity index (χ0v) is 33.1. The van der Waals surface area contributed by atoms with E-state index in [4.69, 9.17) is 32.8 Å². The molecule has 2 aliphatic rings. The topological polar surface area (TPSA) is 172 Å². The summed E-state index contributed by atoms with van der Waals surface area (Å²) >= 11 is 8.94. The third-order valence-electron chi connectivity index (χ3n) is 9.07. The molecule has 1 aromatic carbocycles. The first-order valence-electron chi connectivity index (χ1n) is 17.5. The number of nitrogens with one attached hydrogen (secondary N) is 1. The fourth-order valence-corrected chi connectivity index (χ4v) is 7.67. The Kier molecular flexibility index (Phi) is 14.6. The molecule has 0 radical (unpaired) electrons. The Labute approximate surface area is 336 Å². The van der Waals surface area contributed by atoms with Gasteiger partial charge in [0.05, 0.1) is 22.2 Å². The van der Waals surface area contributed by atoms with E-state index in [1.165, 1.54) is 23.5 Å². The van der Waals surface area contributed by atoms with E-state index in [1.807, 2.05) is 42.6 Å². The maximum Gasteiger partial charge on any atom is 0.266 e. The van der Waals surface area contributed by atoms with Crippen LogP contribution in [0.5, 0.6) is 5.88 Å². The van der Waals surface area contributed by atoms with Crippen molar-refractivity contribution in [3.8, 4) is 5.88 Å². The van der Waals surface area contributed by atoms with Crippen LogP contribution in [0.4, 0.5) is 23.5 Å². The number of hydrogen-bond donors (Lipinski definition) is 3. The number of H-pyrrole nitrogens is 1. The fraction of sp³-hybridized carbons (Fsp3) is 0.368. The lowest BCUT2D eigenvalue weighted by Crippen LogP contribution is -2.32. The van der Waals surface area contributed by atoms with Crippen molar-refractivity contribution in [2.45, 2.75) is 58.5 Å². The van der Waals surface area contributed by atoms with Crippen molar-refractivity contribution in [3.05, 3.63) is 94.3 Å². The molecule has 5 aromatic rings. The highest BCUT2D eigenvalue weighted by Crippen LogP contribution is 2.35. The van der Waals surface area contributed by atoms with Crippen molar-refractivity contribution in [3.63, 3.8) is 0 Å². The first kappa shape index (κ1) is 41.6. The number of aromatic nitrogens is 6. The average molecular weight is 805 g/mol. The van der Waals surface area contributed by atoms with E-state index in [1.54, 1.807) is 30.7 Å². The van der Waals surface area contributed by atoms with Crippen LogP contribution in [0, 0.1) is 0 Å². The van der Waals surface area contributed by atoms with Crippen LogP contribution in [0.15, 0.2) is 97.7 Å². The molecule has 17 heteroatoms. The number of likely N-dealkylation sites (N-methyl/N-ethyl adjacent to an activating group) is 2. The number of pyridine rings is 2. The molecule has 0 saturated carbocycles. The molecule has 6 heterocycles. The number of hydrogen-bond acceptors (Lipinski definition) is 15. The molecule has 0 amide bonds. The number of rotatable bonds is 11. The highest BCUT2D eigenvalue weighted by molar-refractivity contribution is 7.99. The summed E-state index contributed by atoms with van der Waals surface area (Å²) in [6, 6.07) is 15.9. The summed E-state index contributed by atoms with van der Waals surface area (Å²) in [6.07, 6.45) is 8.98. The quantitative estimate of drug-likeness (QED) is 0.149. The zero-order chi connectivity index (χ0) is 38.2. The van der Waals surface area contributed by atoms with E-state index in [0.29, 0.717) is 58.0 Å². The number of ether oxygens (including phenoxy) is 1. The van der Waals surface area contributed by atoms with Gasteiger partial charge in [0.1, 0.15) is 18.2 Å². The Hall–Kier alpha value is -4.61. The van der Waals surface area contributed by atoms with E-state index in [2.05, 4.69) is 72.7 Å². The highest BCUT2D eigenvalue weighted by Gasteiger charge is 2.27. The van der Waals surface area contributed by atoms with Crippen LogP contribution >= 0.6 is 35.1 Å². The summed E-state index contributed by atoms with van der Waals surface area (Å²) in [6.45, 7) is 3.97. The second-order valence-electron chi connectivity index (χ2n) is 13.4. The summed E-state index contributed by atoms with van der Waals surface area (Å²) in [5, 5.41) is 0.679. The Bertz CT molecular complexity index is 2050. The fourth-order valence-electron chi connectivity index (χ4n) is 5.92. The minimum Gasteiger partial charge on any atom is -0.472 e. The van der Waals surface area contributed by atoms with Crippen LogP contribution < -0.4 is 31.6 Å². The Morgan fingerprint density at radius 2 is 1.42 bits per heavy atom. The predicted octanol–water partition coefficient (Wildman–Crippen LogP) is 5.65. The molecule has 292 valence electrons. The molecule has 4 aromatic heterocycles. The van der Waals surface area contributed by atoms with Gasteiger partial charge in [-0.2, -0.15) is 4.98 Å². The lowest BCUT2D eigenvalue weighted by molar-refractivity contribution is 0.285. The van der Waals surface area contributed by atoms with Gasteiger partial charge in [0.25, 0.3) is 5.56 Å². The zero-order valence-electron chi connectivity index (χ0n) is 30.7. The van der Waals surface area contributed by atoms with Crippen LogP contribution in [0.25, 0.3) is 0 Å². The number of anilines is 4. The first-order valence-corrected chi connectivity index (χ1v) is 19.5. The third-order valence-corrected chi connectivity index (χ3v) is 11.3. The summed E-state index contributed by atoms with van der Waals surface area (Å²) < 4.78 is 6.14. The van der Waals surface area contributed by atoms with Gasteiger partial charge in [-0.1, -0.05) is 54.7 Å². The Morgan fingerprint density at radius 3 is 1.98 bits per heavy atom. The molecule has 7 rings (SSSR count). The molecule has 5 N–H and O–H groups in total. The van der Waals surface area contributed by atoms with Crippen molar-refractivity contribution < 1.29 is 4.74 Å². The molecule has 2 fully saturated rings. The molecular formula is C38H49ClN12O2S2. The second kappa shape index (κ2) is 19.3. The largest absolute Gasteiger partial charge is 0.472 e. The van der Waals surface area contributed by atoms with Crippen molar-refractivity contribution >= 4 is 58.7 Å². The third kappa shape index (κ3) is 11.5. The van der Waals surface area contributed by atoms with Crippen LogP contribution in [0.3, 0.4) is 0 Å². The number of nitrogens with zero attached hydrogens (tertiary/aromatic N) is 9. The monoisotopic (exact) mass is 804 g/mol.